The highest BCUT2D eigenvalue weighted by Crippen LogP contribution is 2.19. The Morgan fingerprint density at radius 2 is 1.71 bits per heavy atom. The van der Waals surface area contributed by atoms with Gasteiger partial charge >= 0.3 is 0 Å². The zero-order chi connectivity index (χ0) is 17.9. The van der Waals surface area contributed by atoms with Gasteiger partial charge in [0.25, 0.3) is 0 Å². The number of piperazine rings is 1. The fourth-order valence-electron chi connectivity index (χ4n) is 2.51. The molecule has 1 fully saturated rings. The van der Waals surface area contributed by atoms with Crippen LogP contribution in [0.25, 0.3) is 0 Å². The normalized spacial score (nSPS) is 15.7. The third-order valence-corrected chi connectivity index (χ3v) is 3.85. The third kappa shape index (κ3) is 4.25. The van der Waals surface area contributed by atoms with Crippen LogP contribution in [-0.2, 0) is 9.59 Å². The molecule has 2 rings (SSSR count). The van der Waals surface area contributed by atoms with Crippen LogP contribution in [0.4, 0.5) is 18.9 Å². The monoisotopic (exact) mass is 343 g/mol. The maximum atomic E-state index is 13.5. The molecule has 1 N–H and O–H groups in total. The second kappa shape index (κ2) is 7.65. The van der Waals surface area contributed by atoms with Crippen molar-refractivity contribution in [3.8, 4) is 0 Å². The van der Waals surface area contributed by atoms with Gasteiger partial charge in [-0.05, 0) is 12.1 Å². The van der Waals surface area contributed by atoms with Crippen LogP contribution in [-0.4, -0.2) is 54.3 Å². The summed E-state index contributed by atoms with van der Waals surface area (Å²) >= 11 is 0. The molecular formula is C16H20F3N3O2. The smallest absolute Gasteiger partial charge is 0.238 e. The SMILES string of the molecule is CC(C)C(=O)N1CCN(CC(=O)Nc2ccc(F)c(F)c2F)CC1. The molecule has 5 nitrogen and oxygen atoms in total. The van der Waals surface area contributed by atoms with Crippen molar-refractivity contribution in [3.63, 3.8) is 0 Å². The zero-order valence-corrected chi connectivity index (χ0v) is 13.6. The van der Waals surface area contributed by atoms with Gasteiger partial charge in [-0.15, -0.1) is 0 Å². The number of carbonyl (C=O) groups excluding carboxylic acids is 2. The molecule has 1 aromatic carbocycles. The van der Waals surface area contributed by atoms with E-state index >= 15 is 0 Å². The lowest BCUT2D eigenvalue weighted by Gasteiger charge is -2.35. The zero-order valence-electron chi connectivity index (χ0n) is 13.6. The van der Waals surface area contributed by atoms with Crippen LogP contribution < -0.4 is 5.32 Å². The van der Waals surface area contributed by atoms with Crippen LogP contribution in [0.15, 0.2) is 12.1 Å². The molecule has 1 heterocycles. The molecule has 2 amide bonds. The summed E-state index contributed by atoms with van der Waals surface area (Å²) in [7, 11) is 0. The number of halogens is 3. The van der Waals surface area contributed by atoms with Crippen molar-refractivity contribution in [1.29, 1.82) is 0 Å². The van der Waals surface area contributed by atoms with Crippen LogP contribution in [0.2, 0.25) is 0 Å². The molecule has 0 unspecified atom stereocenters. The third-order valence-electron chi connectivity index (χ3n) is 3.85. The van der Waals surface area contributed by atoms with E-state index in [1.54, 1.807) is 4.90 Å². The summed E-state index contributed by atoms with van der Waals surface area (Å²) in [5, 5.41) is 2.23. The Hall–Kier alpha value is -2.09. The van der Waals surface area contributed by atoms with E-state index in [1.807, 2.05) is 18.7 Å². The molecule has 1 aromatic rings. The number of benzene rings is 1. The summed E-state index contributed by atoms with van der Waals surface area (Å²) in [5.74, 6) is -4.87. The summed E-state index contributed by atoms with van der Waals surface area (Å²) in [6, 6.07) is 1.73. The van der Waals surface area contributed by atoms with Gasteiger partial charge in [-0.25, -0.2) is 13.2 Å². The largest absolute Gasteiger partial charge is 0.340 e. The van der Waals surface area contributed by atoms with Gasteiger partial charge < -0.3 is 10.2 Å². The molecule has 8 heteroatoms. The molecule has 0 aliphatic carbocycles. The Labute approximate surface area is 138 Å². The minimum absolute atomic E-state index is 0.0118. The molecule has 0 saturated carbocycles. The van der Waals surface area contributed by atoms with Crippen molar-refractivity contribution in [2.45, 2.75) is 13.8 Å². The molecule has 0 aromatic heterocycles. The molecule has 1 saturated heterocycles. The molecule has 132 valence electrons. The number of nitrogens with one attached hydrogen (secondary N) is 1. The summed E-state index contributed by atoms with van der Waals surface area (Å²) < 4.78 is 39.5. The molecule has 0 atom stereocenters. The van der Waals surface area contributed by atoms with Crippen molar-refractivity contribution in [3.05, 3.63) is 29.6 Å². The van der Waals surface area contributed by atoms with Gasteiger partial charge in [0.05, 0.1) is 12.2 Å². The predicted molar refractivity (Wildman–Crippen MR) is 82.8 cm³/mol. The van der Waals surface area contributed by atoms with Crippen molar-refractivity contribution in [2.75, 3.05) is 38.0 Å². The van der Waals surface area contributed by atoms with Gasteiger partial charge in [0.2, 0.25) is 11.8 Å². The number of hydrogen-bond donors (Lipinski definition) is 1. The van der Waals surface area contributed by atoms with Crippen LogP contribution in [0.3, 0.4) is 0 Å². The number of hydrogen-bond acceptors (Lipinski definition) is 3. The summed E-state index contributed by atoms with van der Waals surface area (Å²) in [6.45, 7) is 5.73. The quantitative estimate of drug-likeness (QED) is 0.849. The van der Waals surface area contributed by atoms with Gasteiger partial charge in [-0.3, -0.25) is 14.5 Å². The van der Waals surface area contributed by atoms with Crippen molar-refractivity contribution in [1.82, 2.24) is 9.80 Å². The van der Waals surface area contributed by atoms with E-state index < -0.39 is 29.0 Å². The molecule has 0 radical (unpaired) electrons. The number of carbonyl (C=O) groups is 2. The predicted octanol–water partition coefficient (Wildman–Crippen LogP) is 1.84. The van der Waals surface area contributed by atoms with Crippen LogP contribution >= 0.6 is 0 Å². The van der Waals surface area contributed by atoms with Crippen molar-refractivity contribution >= 4 is 17.5 Å². The van der Waals surface area contributed by atoms with E-state index in [0.29, 0.717) is 26.2 Å². The molecule has 1 aliphatic rings. The second-order valence-corrected chi connectivity index (χ2v) is 6.03. The first kappa shape index (κ1) is 18.3. The fourth-order valence-corrected chi connectivity index (χ4v) is 2.51. The Kier molecular flexibility index (Phi) is 5.82. The maximum absolute atomic E-state index is 13.5. The number of rotatable bonds is 4. The highest BCUT2D eigenvalue weighted by Gasteiger charge is 2.24. The summed E-state index contributed by atoms with van der Waals surface area (Å²) in [5.41, 5.74) is -0.396. The minimum atomic E-state index is -1.62. The minimum Gasteiger partial charge on any atom is -0.340 e. The van der Waals surface area contributed by atoms with E-state index in [2.05, 4.69) is 5.32 Å². The van der Waals surface area contributed by atoms with Crippen LogP contribution in [0.1, 0.15) is 13.8 Å². The Morgan fingerprint density at radius 1 is 1.08 bits per heavy atom. The summed E-state index contributed by atoms with van der Waals surface area (Å²) in [4.78, 5) is 27.4. The van der Waals surface area contributed by atoms with E-state index in [-0.39, 0.29) is 18.4 Å². The lowest BCUT2D eigenvalue weighted by Crippen LogP contribution is -2.51. The van der Waals surface area contributed by atoms with E-state index in [1.165, 1.54) is 0 Å². The first-order valence-electron chi connectivity index (χ1n) is 7.74. The van der Waals surface area contributed by atoms with E-state index in [4.69, 9.17) is 0 Å². The maximum Gasteiger partial charge on any atom is 0.238 e. The molecular weight excluding hydrogens is 323 g/mol. The molecule has 24 heavy (non-hydrogen) atoms. The van der Waals surface area contributed by atoms with Gasteiger partial charge in [0.15, 0.2) is 17.5 Å². The Bertz CT molecular complexity index is 629. The summed E-state index contributed by atoms with van der Waals surface area (Å²) in [6.07, 6.45) is 0. The van der Waals surface area contributed by atoms with Crippen LogP contribution in [0, 0.1) is 23.4 Å². The number of amides is 2. The van der Waals surface area contributed by atoms with E-state index in [0.717, 1.165) is 12.1 Å². The van der Waals surface area contributed by atoms with Gasteiger partial charge in [-0.2, -0.15) is 0 Å². The van der Waals surface area contributed by atoms with Crippen molar-refractivity contribution in [2.24, 2.45) is 5.92 Å². The van der Waals surface area contributed by atoms with E-state index in [9.17, 15) is 22.8 Å². The average Bonchev–Trinajstić information content (AvgIpc) is 2.55. The van der Waals surface area contributed by atoms with Crippen LogP contribution in [0.5, 0.6) is 0 Å². The Balaban J connectivity index is 1.86. The standard InChI is InChI=1S/C16H20F3N3O2/c1-10(2)16(24)22-7-5-21(6-8-22)9-13(23)20-12-4-3-11(17)14(18)15(12)19/h3-4,10H,5-9H2,1-2H3,(H,20,23). The second-order valence-electron chi connectivity index (χ2n) is 6.03. The van der Waals surface area contributed by atoms with Gasteiger partial charge in [0.1, 0.15) is 0 Å². The lowest BCUT2D eigenvalue weighted by molar-refractivity contribution is -0.136. The molecule has 0 spiro atoms. The first-order valence-corrected chi connectivity index (χ1v) is 7.74. The van der Waals surface area contributed by atoms with Gasteiger partial charge in [0, 0.05) is 32.1 Å². The highest BCUT2D eigenvalue weighted by atomic mass is 19.2. The molecule has 0 bridgehead atoms. The fraction of sp³-hybridized carbons (Fsp3) is 0.500. The first-order chi connectivity index (χ1) is 11.3. The Morgan fingerprint density at radius 3 is 2.29 bits per heavy atom. The number of anilines is 1. The highest BCUT2D eigenvalue weighted by molar-refractivity contribution is 5.92. The molecule has 1 aliphatic heterocycles. The lowest BCUT2D eigenvalue weighted by atomic mass is 10.1. The van der Waals surface area contributed by atoms with Gasteiger partial charge in [-0.1, -0.05) is 13.8 Å². The topological polar surface area (TPSA) is 52.7 Å². The average molecular weight is 343 g/mol. The number of nitrogens with zero attached hydrogens (tertiary/aromatic N) is 2. The van der Waals surface area contributed by atoms with Crippen molar-refractivity contribution < 1.29 is 22.8 Å².